The molecule has 0 amide bonds. The number of likely N-dealkylation sites (tertiary alicyclic amines) is 1. The van der Waals surface area contributed by atoms with E-state index in [0.29, 0.717) is 12.0 Å². The molecular formula is C19H30N2O2. The van der Waals surface area contributed by atoms with Crippen LogP contribution in [-0.4, -0.2) is 66.9 Å². The van der Waals surface area contributed by atoms with Gasteiger partial charge in [-0.3, -0.25) is 9.80 Å². The van der Waals surface area contributed by atoms with Crippen LogP contribution in [-0.2, 0) is 4.74 Å². The second-order valence-electron chi connectivity index (χ2n) is 6.99. The zero-order valence-electron chi connectivity index (χ0n) is 14.2. The summed E-state index contributed by atoms with van der Waals surface area (Å²) < 4.78 is 5.43. The molecule has 2 aliphatic heterocycles. The van der Waals surface area contributed by atoms with E-state index in [1.807, 2.05) is 30.3 Å². The summed E-state index contributed by atoms with van der Waals surface area (Å²) in [5, 5.41) is 10.6. The first-order chi connectivity index (χ1) is 11.2. The summed E-state index contributed by atoms with van der Waals surface area (Å²) in [5.74, 6) is 0.393. The van der Waals surface area contributed by atoms with Crippen molar-refractivity contribution in [2.75, 3.05) is 45.9 Å². The van der Waals surface area contributed by atoms with Crippen LogP contribution in [0.25, 0.3) is 0 Å². The summed E-state index contributed by atoms with van der Waals surface area (Å²) in [6.07, 6.45) is 1.86. The van der Waals surface area contributed by atoms with Gasteiger partial charge in [-0.15, -0.1) is 0 Å². The van der Waals surface area contributed by atoms with E-state index in [4.69, 9.17) is 4.74 Å². The largest absolute Gasteiger partial charge is 0.388 e. The highest BCUT2D eigenvalue weighted by Crippen LogP contribution is 2.31. The normalized spacial score (nSPS) is 24.4. The number of morpholine rings is 1. The maximum Gasteiger partial charge on any atom is 0.0819 e. The Hall–Kier alpha value is -0.940. The molecule has 0 unspecified atom stereocenters. The predicted molar refractivity (Wildman–Crippen MR) is 92.4 cm³/mol. The number of ether oxygens (including phenoxy) is 1. The first-order valence-corrected chi connectivity index (χ1v) is 9.01. The topological polar surface area (TPSA) is 35.9 Å². The van der Waals surface area contributed by atoms with Crippen molar-refractivity contribution < 1.29 is 9.84 Å². The summed E-state index contributed by atoms with van der Waals surface area (Å²) in [5.41, 5.74) is 1.06. The maximum atomic E-state index is 10.6. The summed E-state index contributed by atoms with van der Waals surface area (Å²) >= 11 is 0. The Labute approximate surface area is 140 Å². The van der Waals surface area contributed by atoms with Gasteiger partial charge in [-0.25, -0.2) is 0 Å². The molecule has 2 heterocycles. The molecule has 23 heavy (non-hydrogen) atoms. The molecule has 128 valence electrons. The van der Waals surface area contributed by atoms with Crippen LogP contribution in [0, 0.1) is 5.92 Å². The van der Waals surface area contributed by atoms with Crippen LogP contribution >= 0.6 is 0 Å². The molecule has 0 radical (unpaired) electrons. The fourth-order valence-electron chi connectivity index (χ4n) is 3.87. The number of rotatable bonds is 5. The van der Waals surface area contributed by atoms with Crippen molar-refractivity contribution in [2.45, 2.75) is 31.9 Å². The fourth-order valence-corrected chi connectivity index (χ4v) is 3.87. The van der Waals surface area contributed by atoms with Crippen molar-refractivity contribution in [1.29, 1.82) is 0 Å². The van der Waals surface area contributed by atoms with Gasteiger partial charge in [0.05, 0.1) is 19.3 Å². The predicted octanol–water partition coefficient (Wildman–Crippen LogP) is 2.15. The third kappa shape index (κ3) is 4.54. The maximum absolute atomic E-state index is 10.6. The highest BCUT2D eigenvalue weighted by Gasteiger charge is 2.28. The number of aliphatic hydroxyl groups excluding tert-OH is 1. The smallest absolute Gasteiger partial charge is 0.0819 e. The summed E-state index contributed by atoms with van der Waals surface area (Å²) in [6.45, 7) is 9.54. The van der Waals surface area contributed by atoms with Crippen LogP contribution < -0.4 is 0 Å². The molecule has 4 nitrogen and oxygen atoms in total. The van der Waals surface area contributed by atoms with Gasteiger partial charge in [0.15, 0.2) is 0 Å². The number of aliphatic hydroxyl groups is 1. The van der Waals surface area contributed by atoms with Gasteiger partial charge in [0.25, 0.3) is 0 Å². The number of benzene rings is 1. The minimum absolute atomic E-state index is 0.312. The Balaban J connectivity index is 1.46. The molecule has 0 saturated carbocycles. The Bertz CT molecular complexity index is 454. The average Bonchev–Trinajstić information content (AvgIpc) is 2.63. The Kier molecular flexibility index (Phi) is 6.06. The van der Waals surface area contributed by atoms with Crippen LogP contribution in [0.3, 0.4) is 0 Å². The van der Waals surface area contributed by atoms with Crippen molar-refractivity contribution in [1.82, 2.24) is 9.80 Å². The quantitative estimate of drug-likeness (QED) is 0.902. The van der Waals surface area contributed by atoms with E-state index in [0.717, 1.165) is 64.3 Å². The highest BCUT2D eigenvalue weighted by atomic mass is 16.5. The molecule has 0 spiro atoms. The first kappa shape index (κ1) is 16.9. The number of nitrogens with zero attached hydrogens (tertiary/aromatic N) is 2. The van der Waals surface area contributed by atoms with Crippen LogP contribution in [0.5, 0.6) is 0 Å². The molecule has 0 aliphatic carbocycles. The van der Waals surface area contributed by atoms with E-state index in [1.165, 1.54) is 0 Å². The van der Waals surface area contributed by atoms with Gasteiger partial charge in [0, 0.05) is 25.7 Å². The minimum Gasteiger partial charge on any atom is -0.388 e. The third-order valence-corrected chi connectivity index (χ3v) is 5.41. The molecule has 3 rings (SSSR count). The second kappa shape index (κ2) is 8.25. The Morgan fingerprint density at radius 1 is 1.09 bits per heavy atom. The Morgan fingerprint density at radius 3 is 2.39 bits per heavy atom. The summed E-state index contributed by atoms with van der Waals surface area (Å²) in [6, 6.07) is 10.7. The van der Waals surface area contributed by atoms with Gasteiger partial charge in [0.1, 0.15) is 0 Å². The highest BCUT2D eigenvalue weighted by molar-refractivity contribution is 5.18. The van der Waals surface area contributed by atoms with Gasteiger partial charge >= 0.3 is 0 Å². The molecule has 1 aromatic rings. The lowest BCUT2D eigenvalue weighted by atomic mass is 9.87. The molecule has 1 aromatic carbocycles. The van der Waals surface area contributed by atoms with Crippen molar-refractivity contribution in [3.8, 4) is 0 Å². The summed E-state index contributed by atoms with van der Waals surface area (Å²) in [7, 11) is 0. The number of hydrogen-bond acceptors (Lipinski definition) is 4. The minimum atomic E-state index is -0.312. The average molecular weight is 318 g/mol. The molecule has 2 aliphatic rings. The van der Waals surface area contributed by atoms with Gasteiger partial charge in [-0.1, -0.05) is 30.3 Å². The molecule has 2 atom stereocenters. The SMILES string of the molecule is C[C@@H](CN1CCOCC1)N1CCC([C@H](O)c2ccccc2)CC1. The van der Waals surface area contributed by atoms with Crippen molar-refractivity contribution in [2.24, 2.45) is 5.92 Å². The van der Waals surface area contributed by atoms with Crippen LogP contribution in [0.15, 0.2) is 30.3 Å². The van der Waals surface area contributed by atoms with E-state index in [-0.39, 0.29) is 6.10 Å². The lowest BCUT2D eigenvalue weighted by molar-refractivity contribution is 0.0114. The van der Waals surface area contributed by atoms with Gasteiger partial charge in [-0.05, 0) is 44.3 Å². The third-order valence-electron chi connectivity index (χ3n) is 5.41. The number of hydrogen-bond donors (Lipinski definition) is 1. The van der Waals surface area contributed by atoms with E-state index < -0.39 is 0 Å². The van der Waals surface area contributed by atoms with Crippen molar-refractivity contribution >= 4 is 0 Å². The van der Waals surface area contributed by atoms with E-state index in [9.17, 15) is 5.11 Å². The van der Waals surface area contributed by atoms with Gasteiger partial charge in [-0.2, -0.15) is 0 Å². The Morgan fingerprint density at radius 2 is 1.74 bits per heavy atom. The molecule has 4 heteroatoms. The lowest BCUT2D eigenvalue weighted by Gasteiger charge is -2.40. The van der Waals surface area contributed by atoms with Gasteiger partial charge in [0.2, 0.25) is 0 Å². The monoisotopic (exact) mass is 318 g/mol. The zero-order chi connectivity index (χ0) is 16.1. The van der Waals surface area contributed by atoms with Gasteiger partial charge < -0.3 is 9.84 Å². The fraction of sp³-hybridized carbons (Fsp3) is 0.684. The lowest BCUT2D eigenvalue weighted by Crippen LogP contribution is -2.48. The molecule has 0 aromatic heterocycles. The van der Waals surface area contributed by atoms with Crippen molar-refractivity contribution in [3.05, 3.63) is 35.9 Å². The molecule has 2 fully saturated rings. The van der Waals surface area contributed by atoms with E-state index in [2.05, 4.69) is 16.7 Å². The standard InChI is InChI=1S/C19H30N2O2/c1-16(15-20-11-13-23-14-12-20)21-9-7-18(8-10-21)19(22)17-5-3-2-4-6-17/h2-6,16,18-19,22H,7-15H2,1H3/t16-,19+/m0/s1. The molecule has 2 saturated heterocycles. The zero-order valence-corrected chi connectivity index (χ0v) is 14.2. The second-order valence-corrected chi connectivity index (χ2v) is 6.99. The summed E-state index contributed by atoms with van der Waals surface area (Å²) in [4.78, 5) is 5.10. The molecule has 1 N–H and O–H groups in total. The van der Waals surface area contributed by atoms with E-state index in [1.54, 1.807) is 0 Å². The molecular weight excluding hydrogens is 288 g/mol. The van der Waals surface area contributed by atoms with Crippen LogP contribution in [0.4, 0.5) is 0 Å². The van der Waals surface area contributed by atoms with Crippen LogP contribution in [0.1, 0.15) is 31.4 Å². The van der Waals surface area contributed by atoms with Crippen LogP contribution in [0.2, 0.25) is 0 Å². The van der Waals surface area contributed by atoms with Crippen molar-refractivity contribution in [3.63, 3.8) is 0 Å². The first-order valence-electron chi connectivity index (χ1n) is 9.01. The number of piperidine rings is 1. The molecule has 0 bridgehead atoms. The van der Waals surface area contributed by atoms with E-state index >= 15 is 0 Å².